The summed E-state index contributed by atoms with van der Waals surface area (Å²) in [7, 11) is 0. The number of anilines is 1. The van der Waals surface area contributed by atoms with Crippen LogP contribution < -0.4 is 5.73 Å². The average molecular weight is 241 g/mol. The van der Waals surface area contributed by atoms with Crippen molar-refractivity contribution in [3.63, 3.8) is 0 Å². The number of carboxylic acids is 2. The van der Waals surface area contributed by atoms with Gasteiger partial charge in [0, 0.05) is 5.56 Å². The topological polar surface area (TPSA) is 141 Å². The second-order valence-corrected chi connectivity index (χ2v) is 3.34. The van der Waals surface area contributed by atoms with Crippen LogP contribution in [-0.2, 0) is 4.79 Å². The Morgan fingerprint density at radius 2 is 1.76 bits per heavy atom. The monoisotopic (exact) mass is 241 g/mol. The fraction of sp³-hybridized carbons (Fsp3) is 0.200. The van der Waals surface area contributed by atoms with Crippen molar-refractivity contribution in [3.05, 3.63) is 29.3 Å². The Bertz CT molecular complexity index is 458. The fourth-order valence-corrected chi connectivity index (χ4v) is 1.33. The number of nitrogens with two attached hydrogens (primary N) is 1. The smallest absolute Gasteiger partial charge is 0.337 e. The van der Waals surface area contributed by atoms with Crippen molar-refractivity contribution in [1.82, 2.24) is 0 Å². The number of rotatable bonds is 4. The van der Waals surface area contributed by atoms with E-state index in [0.717, 1.165) is 0 Å². The summed E-state index contributed by atoms with van der Waals surface area (Å²) in [6, 6.07) is 3.76. The number of aromatic carboxylic acids is 1. The number of carbonyl (C=O) groups is 2. The first-order chi connectivity index (χ1) is 7.86. The van der Waals surface area contributed by atoms with Gasteiger partial charge in [-0.15, -0.1) is 0 Å². The Balaban J connectivity index is 3.19. The van der Waals surface area contributed by atoms with Gasteiger partial charge >= 0.3 is 11.9 Å². The quantitative estimate of drug-likeness (QED) is 0.445. The molecular formula is C10H11NO6. The minimum Gasteiger partial charge on any atom is -0.479 e. The maximum Gasteiger partial charge on any atom is 0.337 e. The third-order valence-electron chi connectivity index (χ3n) is 2.24. The maximum absolute atomic E-state index is 10.8. The van der Waals surface area contributed by atoms with Gasteiger partial charge in [-0.05, 0) is 6.07 Å². The van der Waals surface area contributed by atoms with Crippen molar-refractivity contribution in [2.75, 3.05) is 5.73 Å². The van der Waals surface area contributed by atoms with Gasteiger partial charge in [0.1, 0.15) is 6.10 Å². The van der Waals surface area contributed by atoms with E-state index in [1.807, 2.05) is 0 Å². The molecule has 6 N–H and O–H groups in total. The zero-order valence-corrected chi connectivity index (χ0v) is 8.57. The average Bonchev–Trinajstić information content (AvgIpc) is 2.26. The second kappa shape index (κ2) is 4.81. The molecule has 0 amide bonds. The Morgan fingerprint density at radius 1 is 1.18 bits per heavy atom. The van der Waals surface area contributed by atoms with Crippen LogP contribution in [0.3, 0.4) is 0 Å². The molecule has 0 saturated heterocycles. The molecular weight excluding hydrogens is 230 g/mol. The summed E-state index contributed by atoms with van der Waals surface area (Å²) in [5.74, 6) is -2.93. The van der Waals surface area contributed by atoms with E-state index in [4.69, 9.17) is 21.1 Å². The highest BCUT2D eigenvalue weighted by Gasteiger charge is 2.27. The summed E-state index contributed by atoms with van der Waals surface area (Å²) >= 11 is 0. The molecule has 0 aliphatic carbocycles. The highest BCUT2D eigenvalue weighted by molar-refractivity contribution is 5.94. The summed E-state index contributed by atoms with van der Waals surface area (Å²) in [5.41, 5.74) is 4.80. The van der Waals surface area contributed by atoms with E-state index in [0.29, 0.717) is 0 Å². The van der Waals surface area contributed by atoms with E-state index in [1.54, 1.807) is 0 Å². The van der Waals surface area contributed by atoms with Crippen LogP contribution in [0.25, 0.3) is 0 Å². The summed E-state index contributed by atoms with van der Waals surface area (Å²) < 4.78 is 0. The van der Waals surface area contributed by atoms with E-state index in [-0.39, 0.29) is 16.8 Å². The van der Waals surface area contributed by atoms with Gasteiger partial charge in [0.25, 0.3) is 0 Å². The molecule has 1 aromatic carbocycles. The molecule has 2 unspecified atom stereocenters. The van der Waals surface area contributed by atoms with Crippen LogP contribution >= 0.6 is 0 Å². The summed E-state index contributed by atoms with van der Waals surface area (Å²) in [6.45, 7) is 0. The van der Waals surface area contributed by atoms with Crippen LogP contribution in [0.5, 0.6) is 0 Å². The first-order valence-corrected chi connectivity index (χ1v) is 4.57. The molecule has 1 aromatic rings. The van der Waals surface area contributed by atoms with Gasteiger partial charge < -0.3 is 26.2 Å². The van der Waals surface area contributed by atoms with Crippen LogP contribution in [0.2, 0.25) is 0 Å². The Morgan fingerprint density at radius 3 is 2.24 bits per heavy atom. The Kier molecular flexibility index (Phi) is 3.66. The molecule has 0 saturated carbocycles. The standard InChI is InChI=1S/C10H11NO6/c11-6-4(7(12)8(13)10(16)17)2-1-3-5(6)9(14)15/h1-3,7-8,12-13H,11H2,(H,14,15)(H,16,17). The van der Waals surface area contributed by atoms with Crippen molar-refractivity contribution in [2.24, 2.45) is 0 Å². The lowest BCUT2D eigenvalue weighted by Gasteiger charge is -2.17. The normalized spacial score (nSPS) is 14.0. The maximum atomic E-state index is 10.8. The van der Waals surface area contributed by atoms with Gasteiger partial charge in [-0.1, -0.05) is 12.1 Å². The van der Waals surface area contributed by atoms with Crippen LogP contribution in [0, 0.1) is 0 Å². The van der Waals surface area contributed by atoms with Crippen molar-refractivity contribution in [3.8, 4) is 0 Å². The van der Waals surface area contributed by atoms with Gasteiger partial charge in [-0.3, -0.25) is 0 Å². The van der Waals surface area contributed by atoms with Crippen molar-refractivity contribution in [1.29, 1.82) is 0 Å². The molecule has 2 atom stereocenters. The Labute approximate surface area is 95.7 Å². The molecule has 0 heterocycles. The van der Waals surface area contributed by atoms with Crippen molar-refractivity contribution < 1.29 is 30.0 Å². The molecule has 0 spiro atoms. The summed E-state index contributed by atoms with van der Waals surface area (Å²) in [6.07, 6.45) is -3.85. The Hall–Kier alpha value is -2.12. The number of carboxylic acid groups (broad SMARTS) is 2. The number of benzene rings is 1. The first kappa shape index (κ1) is 12.9. The number of aliphatic hydroxyl groups excluding tert-OH is 2. The highest BCUT2D eigenvalue weighted by Crippen LogP contribution is 2.26. The zero-order chi connectivity index (χ0) is 13.2. The highest BCUT2D eigenvalue weighted by atomic mass is 16.4. The van der Waals surface area contributed by atoms with E-state index < -0.39 is 24.1 Å². The predicted molar refractivity (Wildman–Crippen MR) is 56.4 cm³/mol. The summed E-state index contributed by atoms with van der Waals surface area (Å²) in [4.78, 5) is 21.2. The van der Waals surface area contributed by atoms with Gasteiger partial charge in [-0.2, -0.15) is 0 Å². The lowest BCUT2D eigenvalue weighted by atomic mass is 9.99. The van der Waals surface area contributed by atoms with Gasteiger partial charge in [0.15, 0.2) is 6.10 Å². The van der Waals surface area contributed by atoms with E-state index in [1.165, 1.54) is 18.2 Å². The number of aliphatic hydroxyl groups is 2. The van der Waals surface area contributed by atoms with Gasteiger partial charge in [0.05, 0.1) is 11.3 Å². The van der Waals surface area contributed by atoms with E-state index in [2.05, 4.69) is 0 Å². The van der Waals surface area contributed by atoms with Crippen molar-refractivity contribution in [2.45, 2.75) is 12.2 Å². The molecule has 0 radical (unpaired) electrons. The second-order valence-electron chi connectivity index (χ2n) is 3.34. The summed E-state index contributed by atoms with van der Waals surface area (Å²) in [5, 5.41) is 36.0. The third-order valence-corrected chi connectivity index (χ3v) is 2.24. The molecule has 0 fully saturated rings. The molecule has 17 heavy (non-hydrogen) atoms. The molecule has 92 valence electrons. The molecule has 0 aliphatic rings. The largest absolute Gasteiger partial charge is 0.479 e. The van der Waals surface area contributed by atoms with Crippen LogP contribution in [0.15, 0.2) is 18.2 Å². The minimum atomic E-state index is -2.07. The van der Waals surface area contributed by atoms with Crippen LogP contribution in [0.4, 0.5) is 5.69 Å². The molecule has 7 heteroatoms. The number of hydrogen-bond donors (Lipinski definition) is 5. The number of nitrogen functional groups attached to an aromatic ring is 1. The van der Waals surface area contributed by atoms with Crippen molar-refractivity contribution >= 4 is 17.6 Å². The van der Waals surface area contributed by atoms with E-state index >= 15 is 0 Å². The van der Waals surface area contributed by atoms with E-state index in [9.17, 15) is 14.7 Å². The molecule has 0 aromatic heterocycles. The molecule has 1 rings (SSSR count). The minimum absolute atomic E-state index is 0.139. The zero-order valence-electron chi connectivity index (χ0n) is 8.57. The number of para-hydroxylation sites is 1. The lowest BCUT2D eigenvalue weighted by molar-refractivity contribution is -0.153. The number of hydrogen-bond acceptors (Lipinski definition) is 5. The fourth-order valence-electron chi connectivity index (χ4n) is 1.33. The van der Waals surface area contributed by atoms with Gasteiger partial charge in [-0.25, -0.2) is 9.59 Å². The lowest BCUT2D eigenvalue weighted by Crippen LogP contribution is -2.28. The first-order valence-electron chi connectivity index (χ1n) is 4.57. The predicted octanol–water partition coefficient (Wildman–Crippen LogP) is -0.554. The SMILES string of the molecule is Nc1c(C(=O)O)cccc1C(O)C(O)C(=O)O. The molecule has 0 bridgehead atoms. The number of aliphatic carboxylic acids is 1. The van der Waals surface area contributed by atoms with Gasteiger partial charge in [0.2, 0.25) is 0 Å². The van der Waals surface area contributed by atoms with Crippen LogP contribution in [-0.4, -0.2) is 38.5 Å². The van der Waals surface area contributed by atoms with Crippen LogP contribution in [0.1, 0.15) is 22.0 Å². The molecule has 7 nitrogen and oxygen atoms in total. The third kappa shape index (κ3) is 2.52. The molecule has 0 aliphatic heterocycles.